The van der Waals surface area contributed by atoms with Crippen molar-refractivity contribution in [3.63, 3.8) is 0 Å². The zero-order chi connectivity index (χ0) is 21.6. The highest BCUT2D eigenvalue weighted by Gasteiger charge is 2.16. The number of aryl methyl sites for hydroxylation is 1. The van der Waals surface area contributed by atoms with E-state index in [2.05, 4.69) is 33.4 Å². The number of thioether (sulfide) groups is 1. The summed E-state index contributed by atoms with van der Waals surface area (Å²) in [4.78, 5) is 18.9. The number of aromatic nitrogens is 3. The van der Waals surface area contributed by atoms with Gasteiger partial charge in [0.1, 0.15) is 11.6 Å². The van der Waals surface area contributed by atoms with Gasteiger partial charge >= 0.3 is 0 Å². The number of carbonyl (C=O) groups excluding carboxylic acids is 1. The number of benzene rings is 2. The van der Waals surface area contributed by atoms with Gasteiger partial charge < -0.3 is 9.64 Å². The molecule has 1 fully saturated rings. The summed E-state index contributed by atoms with van der Waals surface area (Å²) in [5, 5.41) is 10.2. The summed E-state index contributed by atoms with van der Waals surface area (Å²) in [5.74, 6) is 3.02. The largest absolute Gasteiger partial charge is 0.497 e. The number of hydrogen-bond acceptors (Lipinski definition) is 5. The summed E-state index contributed by atoms with van der Waals surface area (Å²) in [7, 11) is 3.51. The number of amides is 1. The third-order valence-electron chi connectivity index (χ3n) is 6.06. The molecule has 0 bridgehead atoms. The molecule has 6 nitrogen and oxygen atoms in total. The van der Waals surface area contributed by atoms with Gasteiger partial charge in [0.05, 0.1) is 12.9 Å². The Morgan fingerprint density at radius 1 is 1.19 bits per heavy atom. The van der Waals surface area contributed by atoms with Crippen molar-refractivity contribution in [2.24, 2.45) is 5.92 Å². The molecule has 1 amide bonds. The molecule has 1 heterocycles. The summed E-state index contributed by atoms with van der Waals surface area (Å²) < 4.78 is 5.28. The van der Waals surface area contributed by atoms with Crippen molar-refractivity contribution in [1.29, 1.82) is 0 Å². The van der Waals surface area contributed by atoms with Gasteiger partial charge in [0.2, 0.25) is 11.1 Å². The van der Waals surface area contributed by atoms with Gasteiger partial charge in [-0.2, -0.15) is 0 Å². The minimum atomic E-state index is 0.0668. The molecule has 0 radical (unpaired) electrons. The average Bonchev–Trinajstić information content (AvgIpc) is 3.47. The van der Waals surface area contributed by atoms with Gasteiger partial charge in [0.25, 0.3) is 0 Å². The number of carbonyl (C=O) groups is 1. The molecule has 0 unspecified atom stereocenters. The summed E-state index contributed by atoms with van der Waals surface area (Å²) in [6, 6.07) is 12.3. The molecule has 1 aliphatic carbocycles. The van der Waals surface area contributed by atoms with Gasteiger partial charge in [0.15, 0.2) is 0 Å². The number of H-pyrrole nitrogens is 1. The van der Waals surface area contributed by atoms with Crippen LogP contribution in [0, 0.1) is 5.92 Å². The molecule has 164 valence electrons. The van der Waals surface area contributed by atoms with Gasteiger partial charge in [-0.15, -0.1) is 5.10 Å². The molecule has 3 aromatic rings. The van der Waals surface area contributed by atoms with Crippen molar-refractivity contribution in [2.45, 2.75) is 50.2 Å². The highest BCUT2D eigenvalue weighted by molar-refractivity contribution is 7.99. The van der Waals surface area contributed by atoms with Crippen molar-refractivity contribution in [1.82, 2.24) is 20.1 Å². The number of nitrogens with one attached hydrogen (secondary N) is 1. The van der Waals surface area contributed by atoms with Crippen LogP contribution in [-0.2, 0) is 17.8 Å². The van der Waals surface area contributed by atoms with E-state index in [4.69, 9.17) is 4.74 Å². The van der Waals surface area contributed by atoms with Crippen molar-refractivity contribution in [3.05, 3.63) is 47.8 Å². The van der Waals surface area contributed by atoms with E-state index in [9.17, 15) is 4.79 Å². The van der Waals surface area contributed by atoms with E-state index < -0.39 is 0 Å². The van der Waals surface area contributed by atoms with Crippen molar-refractivity contribution in [2.75, 3.05) is 19.9 Å². The normalized spacial score (nSPS) is 14.3. The molecule has 0 atom stereocenters. The molecule has 1 N–H and O–H groups in total. The van der Waals surface area contributed by atoms with E-state index in [1.165, 1.54) is 43.9 Å². The van der Waals surface area contributed by atoms with E-state index >= 15 is 0 Å². The predicted octanol–water partition coefficient (Wildman–Crippen LogP) is 4.84. The molecule has 1 saturated carbocycles. The summed E-state index contributed by atoms with van der Waals surface area (Å²) in [6.07, 6.45) is 7.56. The standard InChI is InChI=1S/C24H30N4O2S/c1-28(15-18-7-9-20-14-21(30-2)11-10-19(20)13-18)23(29)16-31-24-25-22(26-27-24)12-8-17-5-3-4-6-17/h7,9-11,13-14,17H,3-6,8,12,15-16H2,1-2H3,(H,25,26,27). The van der Waals surface area contributed by atoms with Crippen LogP contribution in [0.25, 0.3) is 10.8 Å². The maximum Gasteiger partial charge on any atom is 0.233 e. The molecular formula is C24H30N4O2S. The Hall–Kier alpha value is -2.54. The van der Waals surface area contributed by atoms with Crippen LogP contribution in [-0.4, -0.2) is 45.9 Å². The van der Waals surface area contributed by atoms with E-state index in [0.717, 1.165) is 40.2 Å². The predicted molar refractivity (Wildman–Crippen MR) is 124 cm³/mol. The lowest BCUT2D eigenvalue weighted by Gasteiger charge is -2.17. The number of hydrogen-bond donors (Lipinski definition) is 1. The Bertz CT molecular complexity index is 1030. The van der Waals surface area contributed by atoms with E-state index in [0.29, 0.717) is 17.5 Å². The van der Waals surface area contributed by atoms with Gasteiger partial charge in [-0.25, -0.2) is 4.98 Å². The SMILES string of the molecule is COc1ccc2cc(CN(C)C(=O)CSc3n[nH]c(CCC4CCCC4)n3)ccc2c1. The number of rotatable bonds is 9. The Morgan fingerprint density at radius 2 is 1.97 bits per heavy atom. The van der Waals surface area contributed by atoms with Gasteiger partial charge in [-0.3, -0.25) is 9.89 Å². The van der Waals surface area contributed by atoms with Crippen molar-refractivity contribution >= 4 is 28.4 Å². The molecule has 31 heavy (non-hydrogen) atoms. The fourth-order valence-corrected chi connectivity index (χ4v) is 4.95. The van der Waals surface area contributed by atoms with E-state index in [-0.39, 0.29) is 5.91 Å². The fraction of sp³-hybridized carbons (Fsp3) is 0.458. The summed E-state index contributed by atoms with van der Waals surface area (Å²) in [6.45, 7) is 0.571. The molecule has 7 heteroatoms. The van der Waals surface area contributed by atoms with Gasteiger partial charge in [-0.1, -0.05) is 55.6 Å². The highest BCUT2D eigenvalue weighted by Crippen LogP contribution is 2.28. The van der Waals surface area contributed by atoms with Crippen LogP contribution in [0.5, 0.6) is 5.75 Å². The monoisotopic (exact) mass is 438 g/mol. The van der Waals surface area contributed by atoms with Crippen molar-refractivity contribution < 1.29 is 9.53 Å². The quantitative estimate of drug-likeness (QED) is 0.484. The first-order valence-electron chi connectivity index (χ1n) is 11.0. The Balaban J connectivity index is 1.26. The first-order valence-corrected chi connectivity index (χ1v) is 11.9. The third kappa shape index (κ3) is 5.79. The number of methoxy groups -OCH3 is 1. The lowest BCUT2D eigenvalue weighted by molar-refractivity contribution is -0.127. The molecular weight excluding hydrogens is 408 g/mol. The second-order valence-electron chi connectivity index (χ2n) is 8.34. The molecule has 2 aromatic carbocycles. The minimum Gasteiger partial charge on any atom is -0.497 e. The maximum absolute atomic E-state index is 12.6. The molecule has 0 saturated heterocycles. The van der Waals surface area contributed by atoms with Crippen LogP contribution in [0.15, 0.2) is 41.6 Å². The highest BCUT2D eigenvalue weighted by atomic mass is 32.2. The Labute approximate surface area is 187 Å². The number of fused-ring (bicyclic) bond motifs is 1. The minimum absolute atomic E-state index is 0.0668. The fourth-order valence-electron chi connectivity index (χ4n) is 4.19. The average molecular weight is 439 g/mol. The molecule has 0 aliphatic heterocycles. The second-order valence-corrected chi connectivity index (χ2v) is 9.28. The third-order valence-corrected chi connectivity index (χ3v) is 6.89. The Morgan fingerprint density at radius 3 is 2.77 bits per heavy atom. The summed E-state index contributed by atoms with van der Waals surface area (Å²) in [5.41, 5.74) is 1.10. The number of ether oxygens (including phenoxy) is 1. The van der Waals surface area contributed by atoms with Crippen LogP contribution in [0.1, 0.15) is 43.5 Å². The van der Waals surface area contributed by atoms with E-state index in [1.807, 2.05) is 25.2 Å². The van der Waals surface area contributed by atoms with Crippen LogP contribution in [0.3, 0.4) is 0 Å². The molecule has 4 rings (SSSR count). The topological polar surface area (TPSA) is 71.1 Å². The zero-order valence-corrected chi connectivity index (χ0v) is 19.1. The maximum atomic E-state index is 12.6. The first kappa shape index (κ1) is 21.7. The molecule has 0 spiro atoms. The molecule has 1 aromatic heterocycles. The van der Waals surface area contributed by atoms with Crippen molar-refractivity contribution in [3.8, 4) is 5.75 Å². The van der Waals surface area contributed by atoms with Crippen LogP contribution in [0.2, 0.25) is 0 Å². The molecule has 1 aliphatic rings. The lowest BCUT2D eigenvalue weighted by atomic mass is 10.0. The van der Waals surface area contributed by atoms with Gasteiger partial charge in [-0.05, 0) is 46.9 Å². The van der Waals surface area contributed by atoms with E-state index in [1.54, 1.807) is 12.0 Å². The number of aromatic amines is 1. The second kappa shape index (κ2) is 10.2. The lowest BCUT2D eigenvalue weighted by Crippen LogP contribution is -2.27. The smallest absolute Gasteiger partial charge is 0.233 e. The van der Waals surface area contributed by atoms with Gasteiger partial charge in [0, 0.05) is 20.0 Å². The van der Waals surface area contributed by atoms with Crippen LogP contribution in [0.4, 0.5) is 0 Å². The van der Waals surface area contributed by atoms with Crippen LogP contribution < -0.4 is 4.74 Å². The Kier molecular flexibility index (Phi) is 7.12. The number of nitrogens with zero attached hydrogens (tertiary/aromatic N) is 3. The summed E-state index contributed by atoms with van der Waals surface area (Å²) >= 11 is 1.39. The van der Waals surface area contributed by atoms with Crippen LogP contribution >= 0.6 is 11.8 Å². The zero-order valence-electron chi connectivity index (χ0n) is 18.3. The first-order chi connectivity index (χ1) is 15.1.